The molecule has 0 aromatic heterocycles. The molecule has 0 radical (unpaired) electrons. The molecule has 1 amide bonds. The summed E-state index contributed by atoms with van der Waals surface area (Å²) in [7, 11) is 0. The maximum atomic E-state index is 13.4. The van der Waals surface area contributed by atoms with Crippen molar-refractivity contribution in [3.8, 4) is 0 Å². The lowest BCUT2D eigenvalue weighted by atomic mass is 9.96. The summed E-state index contributed by atoms with van der Waals surface area (Å²) in [6.07, 6.45) is 57.2. The van der Waals surface area contributed by atoms with Crippen LogP contribution < -0.4 is 5.32 Å². The van der Waals surface area contributed by atoms with Crippen LogP contribution in [0.4, 0.5) is 0 Å². The summed E-state index contributed by atoms with van der Waals surface area (Å²) in [6, 6.07) is -0.897. The molecule has 3 fully saturated rings. The Morgan fingerprint density at radius 3 is 1.08 bits per heavy atom. The number of hydrogen-bond acceptors (Lipinski definition) is 18. The van der Waals surface area contributed by atoms with Crippen molar-refractivity contribution in [3.05, 3.63) is 122 Å². The predicted molar refractivity (Wildman–Crippen MR) is 397 cm³/mol. The normalized spacial score (nSPS) is 27.1. The zero-order valence-corrected chi connectivity index (χ0v) is 61.1. The Bertz CT molecular complexity index is 2280. The first-order valence-corrected chi connectivity index (χ1v) is 38.8. The second kappa shape index (κ2) is 60.5. The van der Waals surface area contributed by atoms with Gasteiger partial charge in [0, 0.05) is 6.42 Å². The van der Waals surface area contributed by atoms with Crippen LogP contribution in [-0.2, 0) is 33.2 Å². The highest BCUT2D eigenvalue weighted by molar-refractivity contribution is 5.76. The molecule has 0 spiro atoms. The van der Waals surface area contributed by atoms with Crippen LogP contribution in [0.2, 0.25) is 0 Å². The van der Waals surface area contributed by atoms with E-state index in [1.807, 2.05) is 0 Å². The van der Waals surface area contributed by atoms with Crippen molar-refractivity contribution in [1.29, 1.82) is 0 Å². The van der Waals surface area contributed by atoms with Gasteiger partial charge in [-0.2, -0.15) is 0 Å². The Kier molecular flexibility index (Phi) is 54.7. The first-order chi connectivity index (χ1) is 48.8. The molecule has 0 aliphatic carbocycles. The maximum absolute atomic E-state index is 13.4. The Balaban J connectivity index is 1.32. The predicted octanol–water partition coefficient (Wildman–Crippen LogP) is 12.3. The Hall–Kier alpha value is -3.81. The molecule has 0 aromatic carbocycles. The lowest BCUT2D eigenvalue weighted by Gasteiger charge is -2.48. The Morgan fingerprint density at radius 1 is 0.370 bits per heavy atom. The Morgan fingerprint density at radius 2 is 0.690 bits per heavy atom. The van der Waals surface area contributed by atoms with E-state index in [0.717, 1.165) is 122 Å². The first kappa shape index (κ1) is 90.4. The molecule has 0 aromatic rings. The SMILES string of the molecule is CC/C=C\C/C=C\C/C=C\C/C=C\C/C=C\C/C=C\C/C=C\C/C=C\C/C=C\C/C=C\CCCCCCCCCCCCC(=O)NC(COC1OC(CO)C(OC2OC(CO)C(OC3OC(CO)C(O)C(O)C3O)C(O)C2O)C(O)C1O)C(O)CCCCCCCCCCCCCCCC. The number of carbonyl (C=O) groups is 1. The number of rotatable bonds is 59. The Labute approximate surface area is 601 Å². The zero-order valence-electron chi connectivity index (χ0n) is 61.1. The molecule has 19 heteroatoms. The number of aliphatic hydroxyl groups excluding tert-OH is 11. The van der Waals surface area contributed by atoms with E-state index in [0.29, 0.717) is 12.8 Å². The van der Waals surface area contributed by atoms with Gasteiger partial charge in [-0.1, -0.05) is 277 Å². The summed E-state index contributed by atoms with van der Waals surface area (Å²) in [5, 5.41) is 121. The number of ether oxygens (including phenoxy) is 6. The van der Waals surface area contributed by atoms with Crippen molar-refractivity contribution >= 4 is 5.91 Å². The van der Waals surface area contributed by atoms with Gasteiger partial charge >= 0.3 is 0 Å². The van der Waals surface area contributed by atoms with E-state index in [4.69, 9.17) is 28.4 Å². The minimum Gasteiger partial charge on any atom is -0.394 e. The van der Waals surface area contributed by atoms with Gasteiger partial charge in [-0.25, -0.2) is 0 Å². The van der Waals surface area contributed by atoms with Crippen molar-refractivity contribution in [3.63, 3.8) is 0 Å². The summed E-state index contributed by atoms with van der Waals surface area (Å²) < 4.78 is 34.4. The molecule has 3 rings (SSSR count). The fourth-order valence-corrected chi connectivity index (χ4v) is 12.3. The monoisotopic (exact) mass is 1410 g/mol. The number of carbonyl (C=O) groups excluding carboxylic acids is 1. The molecule has 3 saturated heterocycles. The molecule has 574 valence electrons. The first-order valence-electron chi connectivity index (χ1n) is 38.8. The van der Waals surface area contributed by atoms with Gasteiger partial charge in [0.2, 0.25) is 5.91 Å². The van der Waals surface area contributed by atoms with E-state index >= 15 is 0 Å². The van der Waals surface area contributed by atoms with Crippen LogP contribution in [0.15, 0.2) is 122 Å². The van der Waals surface area contributed by atoms with Crippen molar-refractivity contribution in [2.75, 3.05) is 26.4 Å². The van der Waals surface area contributed by atoms with Gasteiger partial charge in [-0.05, 0) is 89.9 Å². The highest BCUT2D eigenvalue weighted by Gasteiger charge is 2.54. The highest BCUT2D eigenvalue weighted by atomic mass is 16.8. The van der Waals surface area contributed by atoms with Crippen LogP contribution in [0.5, 0.6) is 0 Å². The van der Waals surface area contributed by atoms with Crippen LogP contribution in [0, 0.1) is 0 Å². The fraction of sp³-hybridized carbons (Fsp3) is 0.741. The lowest BCUT2D eigenvalue weighted by molar-refractivity contribution is -0.379. The summed E-state index contributed by atoms with van der Waals surface area (Å²) in [6.45, 7) is 1.67. The van der Waals surface area contributed by atoms with E-state index in [9.17, 15) is 61.0 Å². The van der Waals surface area contributed by atoms with Gasteiger partial charge in [0.1, 0.15) is 73.2 Å². The number of amides is 1. The van der Waals surface area contributed by atoms with Crippen molar-refractivity contribution in [2.45, 2.75) is 356 Å². The van der Waals surface area contributed by atoms with Gasteiger partial charge < -0.3 is 89.9 Å². The topological polar surface area (TPSA) is 307 Å². The molecule has 3 aliphatic rings. The number of allylic oxidation sites excluding steroid dienone is 20. The molecule has 3 aliphatic heterocycles. The molecule has 17 atom stereocenters. The summed E-state index contributed by atoms with van der Waals surface area (Å²) in [5.74, 6) is -0.252. The molecular weight excluding hydrogens is 1270 g/mol. The van der Waals surface area contributed by atoms with Gasteiger partial charge in [0.05, 0.1) is 38.6 Å². The standard InChI is InChI=1S/C81H137NO18/c1-3-5-7-9-11-13-15-17-19-20-21-22-23-24-25-26-27-28-29-30-31-32-33-34-35-36-37-38-39-40-41-42-43-44-45-47-49-51-53-55-57-59-69(87)82-64(65(86)58-56-54-52-50-48-46-18-16-14-12-10-8-6-4-2)63-95-79-75(93)72(90)77(67(61-84)97-79)100-81-76(94)73(91)78(68(62-85)98-81)99-80-74(92)71(89)70(88)66(60-83)96-80/h5,7,11,13,17,19,21-22,24-25,27-28,30-31,33-34,36-37,39-40,64-68,70-81,83-86,88-94H,3-4,6,8-10,12,14-16,18,20,23,26,29,32,35,38,41-63H2,1-2H3,(H,82,87)/b7-5-,13-11-,19-17-,22-21-,25-24-,28-27-,31-30-,34-33-,37-36-,40-39-. The second-order valence-corrected chi connectivity index (χ2v) is 27.1. The van der Waals surface area contributed by atoms with Crippen LogP contribution in [0.25, 0.3) is 0 Å². The largest absolute Gasteiger partial charge is 0.394 e. The van der Waals surface area contributed by atoms with Gasteiger partial charge in [0.15, 0.2) is 18.9 Å². The molecule has 100 heavy (non-hydrogen) atoms. The van der Waals surface area contributed by atoms with Gasteiger partial charge in [-0.15, -0.1) is 0 Å². The molecule has 17 unspecified atom stereocenters. The second-order valence-electron chi connectivity index (χ2n) is 27.1. The van der Waals surface area contributed by atoms with E-state index in [1.165, 1.54) is 96.3 Å². The van der Waals surface area contributed by atoms with Gasteiger partial charge in [-0.3, -0.25) is 4.79 Å². The summed E-state index contributed by atoms with van der Waals surface area (Å²) in [5.41, 5.74) is 0. The third-order valence-electron chi connectivity index (χ3n) is 18.6. The van der Waals surface area contributed by atoms with E-state index < -0.39 is 124 Å². The van der Waals surface area contributed by atoms with Crippen LogP contribution >= 0.6 is 0 Å². The van der Waals surface area contributed by atoms with Crippen LogP contribution in [-0.4, -0.2) is 193 Å². The molecule has 0 bridgehead atoms. The maximum Gasteiger partial charge on any atom is 0.220 e. The molecule has 0 saturated carbocycles. The van der Waals surface area contributed by atoms with Crippen molar-refractivity contribution in [1.82, 2.24) is 5.32 Å². The smallest absolute Gasteiger partial charge is 0.220 e. The van der Waals surface area contributed by atoms with Crippen molar-refractivity contribution in [2.24, 2.45) is 0 Å². The molecular formula is C81H137NO18. The average molecular weight is 1410 g/mol. The molecule has 3 heterocycles. The minimum absolute atomic E-state index is 0.252. The zero-order chi connectivity index (χ0) is 72.5. The third kappa shape index (κ3) is 40.5. The van der Waals surface area contributed by atoms with E-state index in [2.05, 4.69) is 141 Å². The number of hydrogen-bond donors (Lipinski definition) is 12. The highest BCUT2D eigenvalue weighted by Crippen LogP contribution is 2.33. The van der Waals surface area contributed by atoms with Crippen LogP contribution in [0.3, 0.4) is 0 Å². The van der Waals surface area contributed by atoms with E-state index in [-0.39, 0.29) is 18.9 Å². The quantitative estimate of drug-likeness (QED) is 0.0199. The lowest BCUT2D eigenvalue weighted by Crippen LogP contribution is -2.66. The molecule has 12 N–H and O–H groups in total. The molecule has 19 nitrogen and oxygen atoms in total. The summed E-state index contributed by atoms with van der Waals surface area (Å²) in [4.78, 5) is 13.4. The fourth-order valence-electron chi connectivity index (χ4n) is 12.3. The minimum atomic E-state index is -1.98. The van der Waals surface area contributed by atoms with Crippen molar-refractivity contribution < 1.29 is 89.4 Å². The third-order valence-corrected chi connectivity index (χ3v) is 18.6. The number of aliphatic hydroxyl groups is 11. The van der Waals surface area contributed by atoms with E-state index in [1.54, 1.807) is 0 Å². The summed E-state index contributed by atoms with van der Waals surface area (Å²) >= 11 is 0. The number of nitrogens with one attached hydrogen (secondary N) is 1. The van der Waals surface area contributed by atoms with Gasteiger partial charge in [0.25, 0.3) is 0 Å². The average Bonchev–Trinajstić information content (AvgIpc) is 0.783. The van der Waals surface area contributed by atoms with Crippen LogP contribution in [0.1, 0.15) is 251 Å². The number of unbranched alkanes of at least 4 members (excludes halogenated alkanes) is 23.